The predicted octanol–water partition coefficient (Wildman–Crippen LogP) is 3.11. The fourth-order valence-electron chi connectivity index (χ4n) is 3.94. The van der Waals surface area contributed by atoms with Crippen LogP contribution in [0.25, 0.3) is 0 Å². The van der Waals surface area contributed by atoms with Crippen molar-refractivity contribution in [3.8, 4) is 23.0 Å². The summed E-state index contributed by atoms with van der Waals surface area (Å²) >= 11 is 0. The van der Waals surface area contributed by atoms with Gasteiger partial charge in [-0.05, 0) is 31.2 Å². The molecular formula is C22H30N2O4. The lowest BCUT2D eigenvalue weighted by molar-refractivity contribution is 0.225. The van der Waals surface area contributed by atoms with Crippen molar-refractivity contribution in [3.63, 3.8) is 0 Å². The molecule has 6 heteroatoms. The van der Waals surface area contributed by atoms with Crippen LogP contribution in [0.3, 0.4) is 0 Å². The number of hydrogen-bond acceptors (Lipinski definition) is 6. The summed E-state index contributed by atoms with van der Waals surface area (Å²) in [5.74, 6) is 3.05. The van der Waals surface area contributed by atoms with Gasteiger partial charge in [0.15, 0.2) is 11.5 Å². The fourth-order valence-corrected chi connectivity index (χ4v) is 3.94. The third kappa shape index (κ3) is 4.03. The number of para-hydroxylation sites is 1. The van der Waals surface area contributed by atoms with Crippen molar-refractivity contribution in [2.45, 2.75) is 12.5 Å². The van der Waals surface area contributed by atoms with Crippen molar-refractivity contribution in [1.82, 2.24) is 10.2 Å². The van der Waals surface area contributed by atoms with Crippen molar-refractivity contribution in [2.24, 2.45) is 0 Å². The second-order valence-corrected chi connectivity index (χ2v) is 6.70. The highest BCUT2D eigenvalue weighted by molar-refractivity contribution is 5.56. The average Bonchev–Trinajstić information content (AvgIpc) is 3.03. The molecule has 0 amide bonds. The van der Waals surface area contributed by atoms with Gasteiger partial charge in [-0.3, -0.25) is 4.90 Å². The molecule has 0 radical (unpaired) electrons. The molecule has 2 aromatic carbocycles. The first-order valence-corrected chi connectivity index (χ1v) is 9.61. The van der Waals surface area contributed by atoms with Crippen LogP contribution < -0.4 is 24.3 Å². The quantitative estimate of drug-likeness (QED) is 0.789. The van der Waals surface area contributed by atoms with Crippen LogP contribution in [0.1, 0.15) is 23.6 Å². The minimum absolute atomic E-state index is 0.0870. The second-order valence-electron chi connectivity index (χ2n) is 6.70. The van der Waals surface area contributed by atoms with E-state index in [2.05, 4.69) is 16.3 Å². The Morgan fingerprint density at radius 1 is 0.786 bits per heavy atom. The van der Waals surface area contributed by atoms with E-state index in [9.17, 15) is 0 Å². The number of nitrogens with zero attached hydrogens (tertiary/aromatic N) is 1. The van der Waals surface area contributed by atoms with E-state index < -0.39 is 0 Å². The summed E-state index contributed by atoms with van der Waals surface area (Å²) in [6.45, 7) is 3.81. The van der Waals surface area contributed by atoms with Crippen LogP contribution in [-0.2, 0) is 0 Å². The topological polar surface area (TPSA) is 52.2 Å². The van der Waals surface area contributed by atoms with E-state index in [0.717, 1.165) is 61.0 Å². The Bertz CT molecular complexity index is 751. The molecule has 28 heavy (non-hydrogen) atoms. The van der Waals surface area contributed by atoms with E-state index in [4.69, 9.17) is 18.9 Å². The standard InChI is InChI=1S/C22H30N2O4/c1-25-17-9-6-10-18(26-2)20(17)21(24-14-7-12-23-13-15-24)16-8-5-11-19(27-3)22(16)28-4/h5-6,8-11,21,23H,7,12-15H2,1-4H3. The lowest BCUT2D eigenvalue weighted by atomic mass is 9.93. The highest BCUT2D eigenvalue weighted by Crippen LogP contribution is 2.46. The number of hydrogen-bond donors (Lipinski definition) is 1. The lowest BCUT2D eigenvalue weighted by Crippen LogP contribution is -2.33. The van der Waals surface area contributed by atoms with E-state index in [-0.39, 0.29) is 6.04 Å². The van der Waals surface area contributed by atoms with Crippen LogP contribution in [-0.4, -0.2) is 59.5 Å². The molecule has 1 aliphatic rings. The van der Waals surface area contributed by atoms with Crippen LogP contribution in [0.4, 0.5) is 0 Å². The van der Waals surface area contributed by atoms with Gasteiger partial charge in [-0.15, -0.1) is 0 Å². The van der Waals surface area contributed by atoms with Gasteiger partial charge in [-0.2, -0.15) is 0 Å². The number of nitrogens with one attached hydrogen (secondary N) is 1. The molecule has 1 saturated heterocycles. The minimum Gasteiger partial charge on any atom is -0.496 e. The zero-order valence-electron chi connectivity index (χ0n) is 17.2. The van der Waals surface area contributed by atoms with Gasteiger partial charge in [0, 0.05) is 25.2 Å². The first-order chi connectivity index (χ1) is 13.7. The molecule has 1 atom stereocenters. The molecule has 0 spiro atoms. The van der Waals surface area contributed by atoms with E-state index >= 15 is 0 Å². The molecule has 0 aliphatic carbocycles. The molecule has 0 bridgehead atoms. The van der Waals surface area contributed by atoms with Crippen molar-refractivity contribution < 1.29 is 18.9 Å². The third-order valence-corrected chi connectivity index (χ3v) is 5.21. The van der Waals surface area contributed by atoms with Gasteiger partial charge < -0.3 is 24.3 Å². The van der Waals surface area contributed by atoms with Gasteiger partial charge in [-0.1, -0.05) is 18.2 Å². The van der Waals surface area contributed by atoms with E-state index in [1.54, 1.807) is 28.4 Å². The number of ether oxygens (including phenoxy) is 4. The van der Waals surface area contributed by atoms with E-state index in [1.807, 2.05) is 30.3 Å². The van der Waals surface area contributed by atoms with Crippen LogP contribution in [0.15, 0.2) is 36.4 Å². The Morgan fingerprint density at radius 2 is 1.43 bits per heavy atom. The highest BCUT2D eigenvalue weighted by Gasteiger charge is 2.32. The van der Waals surface area contributed by atoms with Crippen LogP contribution in [0.5, 0.6) is 23.0 Å². The summed E-state index contributed by atoms with van der Waals surface area (Å²) in [5.41, 5.74) is 2.03. The summed E-state index contributed by atoms with van der Waals surface area (Å²) in [5, 5.41) is 3.48. The molecule has 1 aliphatic heterocycles. The summed E-state index contributed by atoms with van der Waals surface area (Å²) in [7, 11) is 6.74. The summed E-state index contributed by atoms with van der Waals surface area (Å²) < 4.78 is 22.9. The third-order valence-electron chi connectivity index (χ3n) is 5.21. The van der Waals surface area contributed by atoms with E-state index in [1.165, 1.54) is 0 Å². The molecule has 3 rings (SSSR count). The molecule has 152 valence electrons. The molecule has 0 saturated carbocycles. The van der Waals surface area contributed by atoms with Gasteiger partial charge >= 0.3 is 0 Å². The SMILES string of the molecule is COc1cccc(C(c2c(OC)cccc2OC)N2CCCNCC2)c1OC. The van der Waals surface area contributed by atoms with Crippen molar-refractivity contribution in [1.29, 1.82) is 0 Å². The molecule has 6 nitrogen and oxygen atoms in total. The summed E-state index contributed by atoms with van der Waals surface area (Å²) in [4.78, 5) is 2.46. The Morgan fingerprint density at radius 3 is 2.07 bits per heavy atom. The van der Waals surface area contributed by atoms with Crippen LogP contribution in [0.2, 0.25) is 0 Å². The maximum absolute atomic E-state index is 5.79. The summed E-state index contributed by atoms with van der Waals surface area (Å²) in [6, 6.07) is 11.8. The first-order valence-electron chi connectivity index (χ1n) is 9.61. The Kier molecular flexibility index (Phi) is 7.01. The largest absolute Gasteiger partial charge is 0.496 e. The second kappa shape index (κ2) is 9.66. The fraction of sp³-hybridized carbons (Fsp3) is 0.455. The molecule has 2 aromatic rings. The van der Waals surface area contributed by atoms with Gasteiger partial charge in [0.1, 0.15) is 11.5 Å². The van der Waals surface area contributed by atoms with Crippen molar-refractivity contribution >= 4 is 0 Å². The Labute approximate surface area is 167 Å². The van der Waals surface area contributed by atoms with Gasteiger partial charge in [0.2, 0.25) is 0 Å². The maximum atomic E-state index is 5.79. The monoisotopic (exact) mass is 386 g/mol. The highest BCUT2D eigenvalue weighted by atomic mass is 16.5. The van der Waals surface area contributed by atoms with Gasteiger partial charge in [0.05, 0.1) is 40.0 Å². The molecule has 1 fully saturated rings. The number of benzene rings is 2. The Hall–Kier alpha value is -2.44. The van der Waals surface area contributed by atoms with Gasteiger partial charge in [0.25, 0.3) is 0 Å². The van der Waals surface area contributed by atoms with Crippen molar-refractivity contribution in [2.75, 3.05) is 54.6 Å². The molecule has 0 aromatic heterocycles. The number of rotatable bonds is 7. The maximum Gasteiger partial charge on any atom is 0.165 e. The lowest BCUT2D eigenvalue weighted by Gasteiger charge is -2.34. The van der Waals surface area contributed by atoms with Crippen LogP contribution >= 0.6 is 0 Å². The normalized spacial score (nSPS) is 16.1. The predicted molar refractivity (Wildman–Crippen MR) is 110 cm³/mol. The first kappa shape index (κ1) is 20.3. The zero-order chi connectivity index (χ0) is 19.9. The molecule has 1 unspecified atom stereocenters. The van der Waals surface area contributed by atoms with Crippen molar-refractivity contribution in [3.05, 3.63) is 47.5 Å². The van der Waals surface area contributed by atoms with Crippen LogP contribution in [0, 0.1) is 0 Å². The Balaban J connectivity index is 2.23. The van der Waals surface area contributed by atoms with E-state index in [0.29, 0.717) is 5.75 Å². The van der Waals surface area contributed by atoms with Gasteiger partial charge in [-0.25, -0.2) is 0 Å². The molecular weight excluding hydrogens is 356 g/mol. The molecule has 1 N–H and O–H groups in total. The number of methoxy groups -OCH3 is 4. The summed E-state index contributed by atoms with van der Waals surface area (Å²) in [6.07, 6.45) is 1.07. The minimum atomic E-state index is -0.0870. The average molecular weight is 386 g/mol. The molecule has 1 heterocycles. The zero-order valence-corrected chi connectivity index (χ0v) is 17.2. The smallest absolute Gasteiger partial charge is 0.165 e.